The lowest BCUT2D eigenvalue weighted by atomic mass is 9.74. The molecule has 0 fully saturated rings. The van der Waals surface area contributed by atoms with Gasteiger partial charge >= 0.3 is 0 Å². The predicted octanol–water partition coefficient (Wildman–Crippen LogP) is 1.07. The lowest BCUT2D eigenvalue weighted by Crippen LogP contribution is -2.45. The molecule has 1 aliphatic rings. The van der Waals surface area contributed by atoms with Crippen molar-refractivity contribution in [2.45, 2.75) is 26.0 Å². The lowest BCUT2D eigenvalue weighted by molar-refractivity contribution is -0.117. The van der Waals surface area contributed by atoms with Gasteiger partial charge in [0, 0.05) is 31.4 Å². The Morgan fingerprint density at radius 2 is 2.00 bits per heavy atom. The number of allylic oxidation sites excluding steroid dienone is 1. The number of hydrogen-bond acceptors (Lipinski definition) is 5. The van der Waals surface area contributed by atoms with Crippen LogP contribution >= 0.6 is 12.6 Å². The minimum atomic E-state index is -0.279. The number of nitrogens with zero attached hydrogens (tertiary/aromatic N) is 1. The molecule has 1 unspecified atom stereocenters. The van der Waals surface area contributed by atoms with Crippen molar-refractivity contribution in [1.29, 1.82) is 0 Å². The summed E-state index contributed by atoms with van der Waals surface area (Å²) in [5, 5.41) is -0.279. The first-order valence-corrected chi connectivity index (χ1v) is 6.78. The summed E-state index contributed by atoms with van der Waals surface area (Å²) in [6, 6.07) is 0. The molecule has 0 aliphatic heterocycles. The zero-order valence-electron chi connectivity index (χ0n) is 11.7. The van der Waals surface area contributed by atoms with Crippen LogP contribution in [-0.2, 0) is 9.53 Å². The predicted molar refractivity (Wildman–Crippen MR) is 76.8 cm³/mol. The number of ether oxygens (including phenoxy) is 1. The second-order valence-corrected chi connectivity index (χ2v) is 6.12. The summed E-state index contributed by atoms with van der Waals surface area (Å²) in [6.07, 6.45) is 0. The monoisotopic (exact) mass is 272 g/mol. The maximum absolute atomic E-state index is 11.9. The van der Waals surface area contributed by atoms with Crippen molar-refractivity contribution in [2.75, 3.05) is 33.4 Å². The van der Waals surface area contributed by atoms with Crippen LogP contribution in [-0.4, -0.2) is 49.3 Å². The summed E-state index contributed by atoms with van der Waals surface area (Å²) in [6.45, 7) is 8.63. The van der Waals surface area contributed by atoms with Crippen LogP contribution in [0.1, 0.15) is 20.8 Å². The van der Waals surface area contributed by atoms with E-state index in [-0.39, 0.29) is 16.4 Å². The van der Waals surface area contributed by atoms with Crippen LogP contribution < -0.4 is 5.73 Å². The highest BCUT2D eigenvalue weighted by atomic mass is 32.1. The summed E-state index contributed by atoms with van der Waals surface area (Å²) < 4.78 is 5.36. The van der Waals surface area contributed by atoms with Gasteiger partial charge in [-0.1, -0.05) is 20.8 Å². The van der Waals surface area contributed by atoms with Crippen LogP contribution in [0.25, 0.3) is 0 Å². The molecule has 0 aromatic heterocycles. The number of carbonyl (C=O) groups is 1. The largest absolute Gasteiger partial charge is 0.378 e. The third-order valence-electron chi connectivity index (χ3n) is 3.00. The Labute approximate surface area is 115 Å². The summed E-state index contributed by atoms with van der Waals surface area (Å²) in [4.78, 5) is 14.0. The van der Waals surface area contributed by atoms with Gasteiger partial charge in [0.15, 0.2) is 5.78 Å². The molecule has 0 aromatic carbocycles. The van der Waals surface area contributed by atoms with Gasteiger partial charge in [-0.3, -0.25) is 4.79 Å². The van der Waals surface area contributed by atoms with E-state index in [9.17, 15) is 4.79 Å². The maximum atomic E-state index is 11.9. The molecule has 0 bridgehead atoms. The fourth-order valence-corrected chi connectivity index (χ4v) is 2.56. The van der Waals surface area contributed by atoms with Crippen molar-refractivity contribution in [3.05, 3.63) is 11.3 Å². The molecule has 18 heavy (non-hydrogen) atoms. The van der Waals surface area contributed by atoms with Crippen LogP contribution in [0, 0.1) is 5.41 Å². The lowest BCUT2D eigenvalue weighted by Gasteiger charge is -2.41. The molecule has 5 heteroatoms. The summed E-state index contributed by atoms with van der Waals surface area (Å²) in [7, 11) is 1.97. The van der Waals surface area contributed by atoms with E-state index >= 15 is 0 Å². The van der Waals surface area contributed by atoms with Crippen LogP contribution in [0.15, 0.2) is 11.3 Å². The average Bonchev–Trinajstić information content (AvgIpc) is 2.28. The van der Waals surface area contributed by atoms with E-state index in [0.29, 0.717) is 19.8 Å². The Bertz CT molecular complexity index is 347. The van der Waals surface area contributed by atoms with Gasteiger partial charge in [0.2, 0.25) is 0 Å². The van der Waals surface area contributed by atoms with Gasteiger partial charge in [-0.25, -0.2) is 0 Å². The van der Waals surface area contributed by atoms with Gasteiger partial charge in [-0.15, -0.1) is 0 Å². The van der Waals surface area contributed by atoms with Crippen LogP contribution in [0.4, 0.5) is 0 Å². The molecule has 2 N–H and O–H groups in total. The molecule has 0 saturated carbocycles. The van der Waals surface area contributed by atoms with Gasteiger partial charge < -0.3 is 15.4 Å². The number of carbonyl (C=O) groups excluding carboxylic acids is 1. The summed E-state index contributed by atoms with van der Waals surface area (Å²) in [5.41, 5.74) is 7.16. The Morgan fingerprint density at radius 1 is 1.39 bits per heavy atom. The molecular formula is C13H24N2O2S. The van der Waals surface area contributed by atoms with Gasteiger partial charge in [0.1, 0.15) is 5.25 Å². The number of rotatable bonds is 6. The standard InChI is InChI=1S/C13H24N2O2S/c1-13(2,3)9-10(12(18)11(9)16)15(4)6-8-17-7-5-14/h12,18H,5-8,14H2,1-4H3. The molecule has 0 aromatic rings. The summed E-state index contributed by atoms with van der Waals surface area (Å²) >= 11 is 4.36. The number of nitrogens with two attached hydrogens (primary N) is 1. The van der Waals surface area contributed by atoms with Crippen molar-refractivity contribution in [1.82, 2.24) is 4.90 Å². The molecular weight excluding hydrogens is 248 g/mol. The van der Waals surface area contributed by atoms with Gasteiger partial charge in [0.25, 0.3) is 0 Å². The first-order chi connectivity index (χ1) is 8.30. The fraction of sp³-hybridized carbons (Fsp3) is 0.769. The third kappa shape index (κ3) is 3.28. The second kappa shape index (κ2) is 6.08. The first-order valence-electron chi connectivity index (χ1n) is 6.26. The average molecular weight is 272 g/mol. The number of likely N-dealkylation sites (N-methyl/N-ethyl adjacent to an activating group) is 1. The van der Waals surface area contributed by atoms with Crippen molar-refractivity contribution in [3.63, 3.8) is 0 Å². The van der Waals surface area contributed by atoms with Gasteiger partial charge in [-0.05, 0) is 5.41 Å². The highest BCUT2D eigenvalue weighted by molar-refractivity contribution is 7.82. The minimum absolute atomic E-state index is 0.127. The first kappa shape index (κ1) is 15.5. The molecule has 0 radical (unpaired) electrons. The van der Waals surface area contributed by atoms with Crippen molar-refractivity contribution in [3.8, 4) is 0 Å². The van der Waals surface area contributed by atoms with Crippen LogP contribution in [0.2, 0.25) is 0 Å². The molecule has 1 atom stereocenters. The fourth-order valence-electron chi connectivity index (χ4n) is 2.11. The van der Waals surface area contributed by atoms with Crippen molar-refractivity contribution < 1.29 is 9.53 Å². The van der Waals surface area contributed by atoms with E-state index in [1.165, 1.54) is 0 Å². The zero-order chi connectivity index (χ0) is 13.9. The second-order valence-electron chi connectivity index (χ2n) is 5.60. The Kier molecular flexibility index (Phi) is 5.25. The maximum Gasteiger partial charge on any atom is 0.179 e. The number of ketones is 1. The van der Waals surface area contributed by atoms with Gasteiger partial charge in [-0.2, -0.15) is 12.6 Å². The van der Waals surface area contributed by atoms with E-state index < -0.39 is 0 Å². The zero-order valence-corrected chi connectivity index (χ0v) is 12.6. The number of Topliss-reactive ketones (excluding diaryl/α,β-unsaturated/α-hetero) is 1. The van der Waals surface area contributed by atoms with E-state index in [4.69, 9.17) is 10.5 Å². The third-order valence-corrected chi connectivity index (χ3v) is 3.48. The van der Waals surface area contributed by atoms with Gasteiger partial charge in [0.05, 0.1) is 13.2 Å². The highest BCUT2D eigenvalue weighted by Gasteiger charge is 2.43. The molecule has 0 amide bonds. The molecule has 0 spiro atoms. The van der Waals surface area contributed by atoms with Crippen molar-refractivity contribution in [2.24, 2.45) is 11.1 Å². The normalized spacial score (nSPS) is 20.1. The topological polar surface area (TPSA) is 55.6 Å². The Hall–Kier alpha value is -0.520. The van der Waals surface area contributed by atoms with Crippen molar-refractivity contribution >= 4 is 18.4 Å². The molecule has 104 valence electrons. The summed E-state index contributed by atoms with van der Waals surface area (Å²) in [5.74, 6) is 0.149. The quantitative estimate of drug-likeness (QED) is 0.561. The number of thiol groups is 1. The smallest absolute Gasteiger partial charge is 0.179 e. The molecule has 1 aliphatic carbocycles. The van der Waals surface area contributed by atoms with E-state index in [1.54, 1.807) is 0 Å². The molecule has 4 nitrogen and oxygen atoms in total. The van der Waals surface area contributed by atoms with E-state index in [2.05, 4.69) is 38.3 Å². The van der Waals surface area contributed by atoms with E-state index in [1.807, 2.05) is 7.05 Å². The molecule has 0 saturated heterocycles. The number of hydrogen-bond donors (Lipinski definition) is 2. The molecule has 0 heterocycles. The highest BCUT2D eigenvalue weighted by Crippen LogP contribution is 2.41. The molecule has 1 rings (SSSR count). The minimum Gasteiger partial charge on any atom is -0.378 e. The van der Waals surface area contributed by atoms with Crippen LogP contribution in [0.3, 0.4) is 0 Å². The Balaban J connectivity index is 2.68. The SMILES string of the molecule is CN(CCOCCN)C1=C(C(C)(C)C)C(=O)C1S. The van der Waals surface area contributed by atoms with E-state index in [0.717, 1.165) is 17.8 Å². The Morgan fingerprint density at radius 3 is 2.50 bits per heavy atom. The van der Waals surface area contributed by atoms with Crippen LogP contribution in [0.5, 0.6) is 0 Å².